The summed E-state index contributed by atoms with van der Waals surface area (Å²) in [5, 5.41) is 0. The highest BCUT2D eigenvalue weighted by atomic mass is 16.1. The molecule has 0 fully saturated rings. The summed E-state index contributed by atoms with van der Waals surface area (Å²) in [4.78, 5) is 12.0. The average Bonchev–Trinajstić information content (AvgIpc) is 2.60. The summed E-state index contributed by atoms with van der Waals surface area (Å²) in [6.45, 7) is 12.7. The minimum Gasteiger partial charge on any atom is -0.300 e. The SMILES string of the molecule is CC.CCCC(CCC)C(CCc1cccc(C)c1)CC(=O)CC. The maximum absolute atomic E-state index is 12.0. The van der Waals surface area contributed by atoms with Crippen LogP contribution in [-0.4, -0.2) is 5.78 Å². The van der Waals surface area contributed by atoms with Crippen LogP contribution >= 0.6 is 0 Å². The van der Waals surface area contributed by atoms with Crippen molar-refractivity contribution >= 4 is 5.78 Å². The van der Waals surface area contributed by atoms with Crippen LogP contribution in [0.1, 0.15) is 90.7 Å². The van der Waals surface area contributed by atoms with E-state index in [0.717, 1.165) is 25.2 Å². The van der Waals surface area contributed by atoms with E-state index in [1.165, 1.54) is 36.8 Å². The van der Waals surface area contributed by atoms with Crippen LogP contribution in [0.15, 0.2) is 24.3 Å². The first-order chi connectivity index (χ1) is 11.6. The van der Waals surface area contributed by atoms with Crippen LogP contribution in [0.4, 0.5) is 0 Å². The van der Waals surface area contributed by atoms with Crippen molar-refractivity contribution in [1.82, 2.24) is 0 Å². The van der Waals surface area contributed by atoms with Crippen molar-refractivity contribution in [1.29, 1.82) is 0 Å². The fourth-order valence-electron chi connectivity index (χ4n) is 3.52. The molecule has 0 bridgehead atoms. The summed E-state index contributed by atoms with van der Waals surface area (Å²) in [5.41, 5.74) is 2.75. The summed E-state index contributed by atoms with van der Waals surface area (Å²) in [5.74, 6) is 1.72. The lowest BCUT2D eigenvalue weighted by Crippen LogP contribution is -2.19. The number of carbonyl (C=O) groups is 1. The van der Waals surface area contributed by atoms with Gasteiger partial charge in [-0.25, -0.2) is 0 Å². The van der Waals surface area contributed by atoms with E-state index in [9.17, 15) is 4.79 Å². The van der Waals surface area contributed by atoms with E-state index >= 15 is 0 Å². The number of hydrogen-bond donors (Lipinski definition) is 0. The van der Waals surface area contributed by atoms with Crippen LogP contribution in [-0.2, 0) is 11.2 Å². The second-order valence-electron chi connectivity index (χ2n) is 6.72. The summed E-state index contributed by atoms with van der Waals surface area (Å²) < 4.78 is 0. The van der Waals surface area contributed by atoms with Crippen molar-refractivity contribution in [2.75, 3.05) is 0 Å². The predicted molar refractivity (Wildman–Crippen MR) is 108 cm³/mol. The molecule has 24 heavy (non-hydrogen) atoms. The molecule has 1 atom stereocenters. The minimum absolute atomic E-state index is 0.437. The highest BCUT2D eigenvalue weighted by Crippen LogP contribution is 2.30. The zero-order valence-electron chi connectivity index (χ0n) is 17.0. The largest absolute Gasteiger partial charge is 0.300 e. The van der Waals surface area contributed by atoms with Crippen molar-refractivity contribution in [2.45, 2.75) is 92.9 Å². The molecule has 0 aliphatic rings. The number of hydrogen-bond acceptors (Lipinski definition) is 1. The molecule has 0 saturated carbocycles. The second kappa shape index (κ2) is 14.3. The van der Waals surface area contributed by atoms with Gasteiger partial charge < -0.3 is 0 Å². The lowest BCUT2D eigenvalue weighted by Gasteiger charge is -2.26. The van der Waals surface area contributed by atoms with E-state index < -0.39 is 0 Å². The molecule has 1 heteroatoms. The normalized spacial score (nSPS) is 11.8. The average molecular weight is 333 g/mol. The Balaban J connectivity index is 0.00000254. The van der Waals surface area contributed by atoms with E-state index in [2.05, 4.69) is 45.0 Å². The first kappa shape index (κ1) is 22.9. The van der Waals surface area contributed by atoms with Gasteiger partial charge in [0.1, 0.15) is 5.78 Å². The van der Waals surface area contributed by atoms with E-state index in [1.807, 2.05) is 20.8 Å². The maximum atomic E-state index is 12.0. The molecule has 1 nitrogen and oxygen atoms in total. The van der Waals surface area contributed by atoms with Gasteiger partial charge >= 0.3 is 0 Å². The van der Waals surface area contributed by atoms with E-state index in [-0.39, 0.29) is 0 Å². The van der Waals surface area contributed by atoms with Gasteiger partial charge in [-0.05, 0) is 37.2 Å². The van der Waals surface area contributed by atoms with Gasteiger partial charge in [-0.1, -0.05) is 90.1 Å². The zero-order chi connectivity index (χ0) is 18.4. The van der Waals surface area contributed by atoms with Gasteiger partial charge in [-0.3, -0.25) is 4.79 Å². The quantitative estimate of drug-likeness (QED) is 0.420. The molecule has 0 heterocycles. The predicted octanol–water partition coefficient (Wildman–Crippen LogP) is 7.16. The Bertz CT molecular complexity index is 429. The van der Waals surface area contributed by atoms with Crippen LogP contribution in [0.25, 0.3) is 0 Å². The van der Waals surface area contributed by atoms with Gasteiger partial charge in [0.15, 0.2) is 0 Å². The van der Waals surface area contributed by atoms with Crippen molar-refractivity contribution in [3.05, 3.63) is 35.4 Å². The van der Waals surface area contributed by atoms with Gasteiger partial charge in [-0.2, -0.15) is 0 Å². The Morgan fingerprint density at radius 1 is 0.958 bits per heavy atom. The molecular weight excluding hydrogens is 292 g/mol. The topological polar surface area (TPSA) is 17.1 Å². The van der Waals surface area contributed by atoms with E-state index in [1.54, 1.807) is 0 Å². The molecule has 138 valence electrons. The summed E-state index contributed by atoms with van der Waals surface area (Å²) in [7, 11) is 0. The minimum atomic E-state index is 0.437. The van der Waals surface area contributed by atoms with Crippen LogP contribution in [0.2, 0.25) is 0 Å². The molecular formula is C23H40O. The molecule has 0 amide bonds. The van der Waals surface area contributed by atoms with Crippen LogP contribution in [0.5, 0.6) is 0 Å². The van der Waals surface area contributed by atoms with Crippen molar-refractivity contribution in [3.8, 4) is 0 Å². The number of rotatable bonds is 11. The Labute approximate surface area is 151 Å². The van der Waals surface area contributed by atoms with Gasteiger partial charge in [0, 0.05) is 12.8 Å². The Morgan fingerprint density at radius 3 is 2.08 bits per heavy atom. The lowest BCUT2D eigenvalue weighted by atomic mass is 9.78. The standard InChI is InChI=1S/C21H34O.C2H6/c1-5-9-19(10-6-2)20(16-21(22)7-3)14-13-18-12-8-11-17(4)15-18;1-2/h8,11-12,15,19-20H,5-7,9-10,13-14,16H2,1-4H3;1-2H3. The first-order valence-electron chi connectivity index (χ1n) is 10.2. The van der Waals surface area contributed by atoms with Gasteiger partial charge in [-0.15, -0.1) is 0 Å². The Hall–Kier alpha value is -1.11. The lowest BCUT2D eigenvalue weighted by molar-refractivity contribution is -0.120. The highest BCUT2D eigenvalue weighted by Gasteiger charge is 2.22. The molecule has 0 radical (unpaired) electrons. The fraction of sp³-hybridized carbons (Fsp3) is 0.696. The van der Waals surface area contributed by atoms with E-state index in [4.69, 9.17) is 0 Å². The Morgan fingerprint density at radius 2 is 1.58 bits per heavy atom. The Kier molecular flexibility index (Phi) is 13.6. The molecule has 1 aromatic carbocycles. The molecule has 1 aromatic rings. The number of benzene rings is 1. The third-order valence-corrected chi connectivity index (χ3v) is 4.76. The summed E-state index contributed by atoms with van der Waals surface area (Å²) in [6.07, 6.45) is 8.72. The molecule has 1 rings (SSSR count). The smallest absolute Gasteiger partial charge is 0.132 e. The molecule has 0 aromatic heterocycles. The summed E-state index contributed by atoms with van der Waals surface area (Å²) >= 11 is 0. The number of carbonyl (C=O) groups excluding carboxylic acids is 1. The molecule has 0 spiro atoms. The molecule has 0 N–H and O–H groups in total. The second-order valence-corrected chi connectivity index (χ2v) is 6.72. The summed E-state index contributed by atoms with van der Waals surface area (Å²) in [6, 6.07) is 8.80. The number of Topliss-reactive ketones (excluding diaryl/α,β-unsaturated/α-hetero) is 1. The van der Waals surface area contributed by atoms with Crippen molar-refractivity contribution in [3.63, 3.8) is 0 Å². The number of aryl methyl sites for hydroxylation is 2. The third kappa shape index (κ3) is 9.25. The monoisotopic (exact) mass is 332 g/mol. The van der Waals surface area contributed by atoms with Gasteiger partial charge in [0.05, 0.1) is 0 Å². The van der Waals surface area contributed by atoms with Gasteiger partial charge in [0.25, 0.3) is 0 Å². The molecule has 0 saturated heterocycles. The molecule has 0 aliphatic heterocycles. The van der Waals surface area contributed by atoms with Crippen LogP contribution in [0, 0.1) is 18.8 Å². The van der Waals surface area contributed by atoms with Crippen molar-refractivity contribution < 1.29 is 4.79 Å². The number of ketones is 1. The zero-order valence-corrected chi connectivity index (χ0v) is 17.0. The van der Waals surface area contributed by atoms with Crippen molar-refractivity contribution in [2.24, 2.45) is 11.8 Å². The molecule has 0 aliphatic carbocycles. The van der Waals surface area contributed by atoms with Gasteiger partial charge in [0.2, 0.25) is 0 Å². The van der Waals surface area contributed by atoms with Crippen LogP contribution < -0.4 is 0 Å². The highest BCUT2D eigenvalue weighted by molar-refractivity contribution is 5.78. The van der Waals surface area contributed by atoms with E-state index in [0.29, 0.717) is 18.1 Å². The van der Waals surface area contributed by atoms with Crippen LogP contribution in [0.3, 0.4) is 0 Å². The maximum Gasteiger partial charge on any atom is 0.132 e. The molecule has 1 unspecified atom stereocenters. The fourth-order valence-corrected chi connectivity index (χ4v) is 3.52. The first-order valence-corrected chi connectivity index (χ1v) is 10.2. The third-order valence-electron chi connectivity index (χ3n) is 4.76.